The Morgan fingerprint density at radius 2 is 1.32 bits per heavy atom. The highest BCUT2D eigenvalue weighted by Crippen LogP contribution is 2.48. The van der Waals surface area contributed by atoms with Gasteiger partial charge in [0.2, 0.25) is 0 Å². The van der Waals surface area contributed by atoms with Gasteiger partial charge in [-0.2, -0.15) is 0 Å². The maximum absolute atomic E-state index is 4.38. The first-order valence-electron chi connectivity index (χ1n) is 7.33. The van der Waals surface area contributed by atoms with Crippen LogP contribution < -0.4 is 0 Å². The Morgan fingerprint density at radius 3 is 2.05 bits per heavy atom. The minimum absolute atomic E-state index is 0.250. The first-order valence-corrected chi connectivity index (χ1v) is 8.10. The van der Waals surface area contributed by atoms with E-state index in [0.717, 1.165) is 10.2 Å². The molecule has 1 aliphatic carbocycles. The van der Waals surface area contributed by atoms with Crippen molar-refractivity contribution in [2.45, 2.75) is 5.92 Å². The molecule has 4 aromatic rings. The quantitative estimate of drug-likeness (QED) is 0.442. The highest BCUT2D eigenvalue weighted by atomic mass is 32.1. The number of hydrogen-bond acceptors (Lipinski definition) is 3. The molecule has 0 saturated carbocycles. The normalized spacial score (nSPS) is 13.3. The van der Waals surface area contributed by atoms with Crippen molar-refractivity contribution in [3.05, 3.63) is 83.4 Å². The summed E-state index contributed by atoms with van der Waals surface area (Å²) in [5.41, 5.74) is 7.69. The van der Waals surface area contributed by atoms with Crippen LogP contribution in [0.15, 0.2) is 66.7 Å². The number of aromatic nitrogens is 2. The molecule has 3 heteroatoms. The van der Waals surface area contributed by atoms with Crippen molar-refractivity contribution in [3.63, 3.8) is 0 Å². The van der Waals surface area contributed by atoms with Gasteiger partial charge in [0.15, 0.2) is 0 Å². The number of benzene rings is 3. The average Bonchev–Trinajstić information content (AvgIpc) is 3.17. The predicted octanol–water partition coefficient (Wildman–Crippen LogP) is 4.85. The number of rotatable bonds is 1. The summed E-state index contributed by atoms with van der Waals surface area (Å²) in [5.74, 6) is 0.250. The zero-order valence-electron chi connectivity index (χ0n) is 11.7. The summed E-state index contributed by atoms with van der Waals surface area (Å²) in [6.07, 6.45) is 0. The topological polar surface area (TPSA) is 25.8 Å². The van der Waals surface area contributed by atoms with E-state index in [9.17, 15) is 0 Å². The fourth-order valence-electron chi connectivity index (χ4n) is 3.55. The molecule has 0 fully saturated rings. The molecule has 0 unspecified atom stereocenters. The third-order valence-electron chi connectivity index (χ3n) is 4.45. The lowest BCUT2D eigenvalue weighted by atomic mass is 9.89. The van der Waals surface area contributed by atoms with Crippen molar-refractivity contribution in [1.29, 1.82) is 0 Å². The maximum Gasteiger partial charge on any atom is 0.110 e. The van der Waals surface area contributed by atoms with Gasteiger partial charge in [-0.05, 0) is 45.4 Å². The van der Waals surface area contributed by atoms with E-state index < -0.39 is 0 Å². The molecule has 0 atom stereocenters. The van der Waals surface area contributed by atoms with Crippen molar-refractivity contribution in [3.8, 4) is 11.1 Å². The molecule has 0 bridgehead atoms. The van der Waals surface area contributed by atoms with Crippen LogP contribution in [-0.4, -0.2) is 9.59 Å². The standard InChI is InChI=1S/C19H12N2S/c1-3-8-14-12(6-1)13-7-2-4-9-15(13)18(14)16-10-5-11-17-19(16)20-21-22-17/h1-11,18H. The van der Waals surface area contributed by atoms with Crippen molar-refractivity contribution in [2.75, 3.05) is 0 Å². The third-order valence-corrected chi connectivity index (χ3v) is 5.14. The van der Waals surface area contributed by atoms with Gasteiger partial charge >= 0.3 is 0 Å². The molecular weight excluding hydrogens is 288 g/mol. The Morgan fingerprint density at radius 1 is 0.682 bits per heavy atom. The Balaban J connectivity index is 1.87. The summed E-state index contributed by atoms with van der Waals surface area (Å²) in [4.78, 5) is 0. The van der Waals surface area contributed by atoms with E-state index >= 15 is 0 Å². The summed E-state index contributed by atoms with van der Waals surface area (Å²) in [5, 5.41) is 4.38. The monoisotopic (exact) mass is 300 g/mol. The first-order chi connectivity index (χ1) is 10.9. The van der Waals surface area contributed by atoms with E-state index in [0.29, 0.717) is 0 Å². The number of nitrogens with zero attached hydrogens (tertiary/aromatic N) is 2. The van der Waals surface area contributed by atoms with Gasteiger partial charge in [-0.25, -0.2) is 0 Å². The van der Waals surface area contributed by atoms with Crippen LogP contribution in [0, 0.1) is 0 Å². The smallest absolute Gasteiger partial charge is 0.110 e. The molecule has 22 heavy (non-hydrogen) atoms. The number of fused-ring (bicyclic) bond motifs is 4. The van der Waals surface area contributed by atoms with E-state index in [1.807, 2.05) is 0 Å². The van der Waals surface area contributed by atoms with Crippen LogP contribution in [0.4, 0.5) is 0 Å². The summed E-state index contributed by atoms with van der Waals surface area (Å²) in [6.45, 7) is 0. The Labute approximate surface area is 132 Å². The second kappa shape index (κ2) is 4.49. The molecule has 5 rings (SSSR count). The van der Waals surface area contributed by atoms with Crippen molar-refractivity contribution in [1.82, 2.24) is 9.59 Å². The average molecular weight is 300 g/mol. The Hall–Kier alpha value is -2.52. The van der Waals surface area contributed by atoms with Crippen molar-refractivity contribution < 1.29 is 0 Å². The minimum Gasteiger partial charge on any atom is -0.138 e. The lowest BCUT2D eigenvalue weighted by molar-refractivity contribution is 1.02. The van der Waals surface area contributed by atoms with Crippen LogP contribution in [0.3, 0.4) is 0 Å². The highest BCUT2D eigenvalue weighted by Gasteiger charge is 2.30. The van der Waals surface area contributed by atoms with E-state index in [1.165, 1.54) is 39.3 Å². The van der Waals surface area contributed by atoms with Gasteiger partial charge < -0.3 is 0 Å². The van der Waals surface area contributed by atoms with E-state index in [1.54, 1.807) is 0 Å². The zero-order valence-corrected chi connectivity index (χ0v) is 12.5. The highest BCUT2D eigenvalue weighted by molar-refractivity contribution is 7.12. The second-order valence-corrected chi connectivity index (χ2v) is 6.36. The summed E-state index contributed by atoms with van der Waals surface area (Å²) in [7, 11) is 0. The van der Waals surface area contributed by atoms with Crippen LogP contribution in [0.2, 0.25) is 0 Å². The number of hydrogen-bond donors (Lipinski definition) is 0. The summed E-state index contributed by atoms with van der Waals surface area (Å²) < 4.78 is 5.29. The molecule has 1 aromatic heterocycles. The van der Waals surface area contributed by atoms with Crippen LogP contribution >= 0.6 is 11.5 Å². The lowest BCUT2D eigenvalue weighted by Crippen LogP contribution is -2.00. The van der Waals surface area contributed by atoms with Gasteiger partial charge in [0.05, 0.1) is 4.70 Å². The van der Waals surface area contributed by atoms with Crippen LogP contribution in [0.1, 0.15) is 22.6 Å². The lowest BCUT2D eigenvalue weighted by Gasteiger charge is -2.14. The molecule has 0 spiro atoms. The molecule has 0 radical (unpaired) electrons. The van der Waals surface area contributed by atoms with E-state index in [4.69, 9.17) is 0 Å². The first kappa shape index (κ1) is 12.1. The Bertz CT molecular complexity index is 957. The molecular formula is C19H12N2S. The van der Waals surface area contributed by atoms with Gasteiger partial charge in [-0.3, -0.25) is 0 Å². The minimum atomic E-state index is 0.250. The molecule has 3 aromatic carbocycles. The maximum atomic E-state index is 4.38. The molecule has 1 aliphatic rings. The largest absolute Gasteiger partial charge is 0.138 e. The van der Waals surface area contributed by atoms with Crippen molar-refractivity contribution >= 4 is 21.7 Å². The molecule has 0 amide bonds. The second-order valence-electron chi connectivity index (χ2n) is 5.57. The molecule has 0 N–H and O–H groups in total. The molecule has 1 heterocycles. The van der Waals surface area contributed by atoms with Gasteiger partial charge in [-0.15, -0.1) is 5.10 Å². The SMILES string of the molecule is c1ccc2c(c1)-c1ccccc1C2c1cccc2snnc12. The van der Waals surface area contributed by atoms with Crippen LogP contribution in [0.5, 0.6) is 0 Å². The molecule has 0 saturated heterocycles. The van der Waals surface area contributed by atoms with Gasteiger partial charge in [-0.1, -0.05) is 65.2 Å². The predicted molar refractivity (Wildman–Crippen MR) is 90.2 cm³/mol. The van der Waals surface area contributed by atoms with E-state index in [-0.39, 0.29) is 5.92 Å². The fraction of sp³-hybridized carbons (Fsp3) is 0.0526. The Kier molecular flexibility index (Phi) is 2.46. The van der Waals surface area contributed by atoms with Crippen LogP contribution in [-0.2, 0) is 0 Å². The molecule has 2 nitrogen and oxygen atoms in total. The van der Waals surface area contributed by atoms with Gasteiger partial charge in [0.25, 0.3) is 0 Å². The van der Waals surface area contributed by atoms with Gasteiger partial charge in [0.1, 0.15) is 5.52 Å². The molecule has 0 aliphatic heterocycles. The summed E-state index contributed by atoms with van der Waals surface area (Å²) in [6, 6.07) is 23.8. The summed E-state index contributed by atoms with van der Waals surface area (Å²) >= 11 is 1.46. The van der Waals surface area contributed by atoms with Crippen molar-refractivity contribution in [2.24, 2.45) is 0 Å². The molecule has 104 valence electrons. The van der Waals surface area contributed by atoms with E-state index in [2.05, 4.69) is 76.3 Å². The fourth-order valence-corrected chi connectivity index (χ4v) is 4.14. The third kappa shape index (κ3) is 1.54. The van der Waals surface area contributed by atoms with Gasteiger partial charge in [0, 0.05) is 5.92 Å². The zero-order chi connectivity index (χ0) is 14.5. The van der Waals surface area contributed by atoms with Crippen LogP contribution in [0.25, 0.3) is 21.3 Å².